The van der Waals surface area contributed by atoms with Crippen molar-refractivity contribution in [3.8, 4) is 0 Å². The van der Waals surface area contributed by atoms with Crippen LogP contribution in [0.25, 0.3) is 0 Å². The Bertz CT molecular complexity index is 206. The molecule has 1 aliphatic rings. The van der Waals surface area contributed by atoms with Crippen molar-refractivity contribution in [3.63, 3.8) is 0 Å². The second-order valence-electron chi connectivity index (χ2n) is 4.82. The third-order valence-electron chi connectivity index (χ3n) is 3.44. The molecule has 2 N–H and O–H groups in total. The normalized spacial score (nSPS) is 26.3. The highest BCUT2D eigenvalue weighted by Gasteiger charge is 2.24. The third kappa shape index (κ3) is 3.82. The van der Waals surface area contributed by atoms with Gasteiger partial charge < -0.3 is 10.6 Å². The van der Waals surface area contributed by atoms with E-state index in [1.54, 1.807) is 0 Å². The Morgan fingerprint density at radius 1 is 1.47 bits per heavy atom. The van der Waals surface area contributed by atoms with E-state index < -0.39 is 0 Å². The third-order valence-corrected chi connectivity index (χ3v) is 3.44. The van der Waals surface area contributed by atoms with Crippen LogP contribution in [0.2, 0.25) is 0 Å². The molecular formula is C12H24N2O. The van der Waals surface area contributed by atoms with Crippen LogP contribution in [-0.2, 0) is 4.79 Å². The van der Waals surface area contributed by atoms with Crippen LogP contribution in [0.1, 0.15) is 45.4 Å². The Hall–Kier alpha value is -0.570. The quantitative estimate of drug-likeness (QED) is 0.772. The lowest BCUT2D eigenvalue weighted by Gasteiger charge is -2.34. The topological polar surface area (TPSA) is 46.3 Å². The molecule has 15 heavy (non-hydrogen) atoms. The first kappa shape index (κ1) is 12.5. The van der Waals surface area contributed by atoms with Crippen molar-refractivity contribution >= 4 is 5.91 Å². The molecule has 1 aliphatic carbocycles. The van der Waals surface area contributed by atoms with Gasteiger partial charge in [0.05, 0.1) is 0 Å². The van der Waals surface area contributed by atoms with E-state index in [1.165, 1.54) is 25.7 Å². The first-order chi connectivity index (χ1) is 7.15. The number of hydrogen-bond donors (Lipinski definition) is 1. The van der Waals surface area contributed by atoms with Gasteiger partial charge in [-0.15, -0.1) is 0 Å². The zero-order chi connectivity index (χ0) is 11.3. The second kappa shape index (κ2) is 6.11. The molecule has 0 aromatic carbocycles. The molecular weight excluding hydrogens is 188 g/mol. The van der Waals surface area contributed by atoms with E-state index in [0.717, 1.165) is 12.3 Å². The van der Waals surface area contributed by atoms with Gasteiger partial charge in [-0.2, -0.15) is 0 Å². The molecule has 1 rings (SSSR count). The van der Waals surface area contributed by atoms with Crippen molar-refractivity contribution in [2.45, 2.75) is 51.5 Å². The Morgan fingerprint density at radius 3 is 2.80 bits per heavy atom. The molecule has 0 bridgehead atoms. The van der Waals surface area contributed by atoms with E-state index in [0.29, 0.717) is 19.0 Å². The highest BCUT2D eigenvalue weighted by Crippen LogP contribution is 2.26. The van der Waals surface area contributed by atoms with Crippen LogP contribution in [0.4, 0.5) is 0 Å². The first-order valence-corrected chi connectivity index (χ1v) is 6.11. The lowest BCUT2D eigenvalue weighted by molar-refractivity contribution is -0.132. The smallest absolute Gasteiger partial charge is 0.222 e. The van der Waals surface area contributed by atoms with Crippen LogP contribution < -0.4 is 5.73 Å². The summed E-state index contributed by atoms with van der Waals surface area (Å²) in [7, 11) is 1.95. The number of nitrogens with two attached hydrogens (primary N) is 1. The molecule has 0 aromatic heterocycles. The second-order valence-corrected chi connectivity index (χ2v) is 4.82. The van der Waals surface area contributed by atoms with Gasteiger partial charge in [-0.1, -0.05) is 19.8 Å². The maximum atomic E-state index is 11.8. The van der Waals surface area contributed by atoms with E-state index in [-0.39, 0.29) is 5.91 Å². The van der Waals surface area contributed by atoms with E-state index in [1.807, 2.05) is 11.9 Å². The lowest BCUT2D eigenvalue weighted by Crippen LogP contribution is -2.39. The minimum Gasteiger partial charge on any atom is -0.343 e. The summed E-state index contributed by atoms with van der Waals surface area (Å²) >= 11 is 0. The van der Waals surface area contributed by atoms with Gasteiger partial charge >= 0.3 is 0 Å². The zero-order valence-electron chi connectivity index (χ0n) is 10.0. The molecule has 0 aliphatic heterocycles. The van der Waals surface area contributed by atoms with Gasteiger partial charge in [-0.05, 0) is 31.7 Å². The first-order valence-electron chi connectivity index (χ1n) is 6.11. The molecule has 1 fully saturated rings. The van der Waals surface area contributed by atoms with Crippen molar-refractivity contribution in [3.05, 3.63) is 0 Å². The minimum absolute atomic E-state index is 0.263. The molecule has 2 unspecified atom stereocenters. The summed E-state index contributed by atoms with van der Waals surface area (Å²) in [6, 6.07) is 0.471. The Morgan fingerprint density at radius 2 is 2.20 bits per heavy atom. The Kier molecular flexibility index (Phi) is 5.09. The number of hydrogen-bond acceptors (Lipinski definition) is 2. The molecule has 0 aromatic rings. The van der Waals surface area contributed by atoms with E-state index in [2.05, 4.69) is 6.92 Å². The van der Waals surface area contributed by atoms with Crippen LogP contribution in [0.3, 0.4) is 0 Å². The molecule has 2 atom stereocenters. The summed E-state index contributed by atoms with van der Waals surface area (Å²) in [5, 5.41) is 0. The Balaban J connectivity index is 2.37. The van der Waals surface area contributed by atoms with Crippen LogP contribution in [-0.4, -0.2) is 30.4 Å². The summed E-state index contributed by atoms with van der Waals surface area (Å²) in [5.41, 5.74) is 5.41. The average molecular weight is 212 g/mol. The largest absolute Gasteiger partial charge is 0.343 e. The van der Waals surface area contributed by atoms with Crippen molar-refractivity contribution in [2.75, 3.05) is 13.6 Å². The van der Waals surface area contributed by atoms with Crippen molar-refractivity contribution in [1.29, 1.82) is 0 Å². The van der Waals surface area contributed by atoms with Crippen molar-refractivity contribution in [2.24, 2.45) is 11.7 Å². The lowest BCUT2D eigenvalue weighted by atomic mass is 9.86. The molecule has 0 saturated heterocycles. The summed E-state index contributed by atoms with van der Waals surface area (Å²) in [5.74, 6) is 1.04. The van der Waals surface area contributed by atoms with Gasteiger partial charge in [-0.3, -0.25) is 4.79 Å². The standard InChI is InChI=1S/C12H24N2O/c1-10-5-3-6-11(9-10)14(2)12(15)7-4-8-13/h10-11H,3-9,13H2,1-2H3. The predicted octanol–water partition coefficient (Wildman–Crippen LogP) is 1.76. The van der Waals surface area contributed by atoms with E-state index in [9.17, 15) is 4.79 Å². The SMILES string of the molecule is CC1CCCC(N(C)C(=O)CCCN)C1. The van der Waals surface area contributed by atoms with Crippen molar-refractivity contribution in [1.82, 2.24) is 4.90 Å². The van der Waals surface area contributed by atoms with Crippen LogP contribution >= 0.6 is 0 Å². The van der Waals surface area contributed by atoms with E-state index in [4.69, 9.17) is 5.73 Å². The fraction of sp³-hybridized carbons (Fsp3) is 0.917. The van der Waals surface area contributed by atoms with Gasteiger partial charge in [0.15, 0.2) is 0 Å². The molecule has 3 nitrogen and oxygen atoms in total. The molecule has 3 heteroatoms. The van der Waals surface area contributed by atoms with Gasteiger partial charge in [0.25, 0.3) is 0 Å². The highest BCUT2D eigenvalue weighted by molar-refractivity contribution is 5.76. The molecule has 0 radical (unpaired) electrons. The zero-order valence-corrected chi connectivity index (χ0v) is 10.0. The number of carbonyl (C=O) groups is 1. The number of amides is 1. The molecule has 0 spiro atoms. The van der Waals surface area contributed by atoms with Gasteiger partial charge in [0.1, 0.15) is 0 Å². The molecule has 1 amide bonds. The van der Waals surface area contributed by atoms with Crippen LogP contribution in [0, 0.1) is 5.92 Å². The Labute approximate surface area is 93.0 Å². The van der Waals surface area contributed by atoms with Crippen LogP contribution in [0.15, 0.2) is 0 Å². The highest BCUT2D eigenvalue weighted by atomic mass is 16.2. The fourth-order valence-corrected chi connectivity index (χ4v) is 2.39. The summed E-state index contributed by atoms with van der Waals surface area (Å²) < 4.78 is 0. The monoisotopic (exact) mass is 212 g/mol. The van der Waals surface area contributed by atoms with Crippen molar-refractivity contribution < 1.29 is 4.79 Å². The van der Waals surface area contributed by atoms with Gasteiger partial charge in [0.2, 0.25) is 5.91 Å². The number of nitrogens with zero attached hydrogens (tertiary/aromatic N) is 1. The minimum atomic E-state index is 0.263. The number of rotatable bonds is 4. The predicted molar refractivity (Wildman–Crippen MR) is 62.5 cm³/mol. The summed E-state index contributed by atoms with van der Waals surface area (Å²) in [6.45, 7) is 2.89. The summed E-state index contributed by atoms with van der Waals surface area (Å²) in [4.78, 5) is 13.7. The van der Waals surface area contributed by atoms with Crippen LogP contribution in [0.5, 0.6) is 0 Å². The summed E-state index contributed by atoms with van der Waals surface area (Å²) in [6.07, 6.45) is 6.35. The van der Waals surface area contributed by atoms with Gasteiger partial charge in [-0.25, -0.2) is 0 Å². The molecule has 88 valence electrons. The van der Waals surface area contributed by atoms with Gasteiger partial charge in [0, 0.05) is 19.5 Å². The maximum absolute atomic E-state index is 11.8. The fourth-order valence-electron chi connectivity index (χ4n) is 2.39. The number of carbonyl (C=O) groups excluding carboxylic acids is 1. The van der Waals surface area contributed by atoms with E-state index >= 15 is 0 Å². The maximum Gasteiger partial charge on any atom is 0.222 e. The molecule has 0 heterocycles. The average Bonchev–Trinajstić information content (AvgIpc) is 2.24. The molecule has 1 saturated carbocycles.